The van der Waals surface area contributed by atoms with Crippen LogP contribution >= 0.6 is 0 Å². The molecule has 5 nitrogen and oxygen atoms in total. The second kappa shape index (κ2) is 3.25. The number of aryl methyl sites for hydroxylation is 1. The number of ether oxygens (including phenoxy) is 2. The lowest BCUT2D eigenvalue weighted by molar-refractivity contribution is 0.0142. The third-order valence-corrected chi connectivity index (χ3v) is 2.57. The van der Waals surface area contributed by atoms with E-state index in [9.17, 15) is 5.11 Å². The molecule has 1 aromatic rings. The number of rotatable bonds is 2. The molecule has 1 atom stereocenters. The van der Waals surface area contributed by atoms with Gasteiger partial charge in [0.1, 0.15) is 11.3 Å². The number of aromatic nitrogens is 2. The van der Waals surface area contributed by atoms with E-state index < -0.39 is 5.60 Å². The van der Waals surface area contributed by atoms with Crippen LogP contribution in [0.25, 0.3) is 0 Å². The Labute approximate surface area is 82.2 Å². The summed E-state index contributed by atoms with van der Waals surface area (Å²) < 4.78 is 12.0. The van der Waals surface area contributed by atoms with Crippen molar-refractivity contribution in [1.82, 2.24) is 9.78 Å². The maximum Gasteiger partial charge on any atom is 0.163 e. The van der Waals surface area contributed by atoms with Gasteiger partial charge in [0.25, 0.3) is 0 Å². The Morgan fingerprint density at radius 1 is 1.71 bits per heavy atom. The predicted octanol–water partition coefficient (Wildman–Crippen LogP) is 0.0366. The van der Waals surface area contributed by atoms with Crippen LogP contribution in [0.5, 0.6) is 5.75 Å². The molecule has 14 heavy (non-hydrogen) atoms. The standard InChI is InChI=1S/C9H14N2O3/c1-11-8(7(13-2)5-10-11)9(12)3-4-14-6-9/h5,12H,3-4,6H2,1-2H3. The first-order chi connectivity index (χ1) is 6.67. The monoisotopic (exact) mass is 198 g/mol. The fraction of sp³-hybridized carbons (Fsp3) is 0.667. The Kier molecular flexibility index (Phi) is 2.20. The molecule has 1 unspecified atom stereocenters. The second-order valence-corrected chi connectivity index (χ2v) is 3.52. The zero-order chi connectivity index (χ0) is 10.2. The second-order valence-electron chi connectivity index (χ2n) is 3.52. The average Bonchev–Trinajstić information content (AvgIpc) is 2.73. The third-order valence-electron chi connectivity index (χ3n) is 2.57. The smallest absolute Gasteiger partial charge is 0.163 e. The molecule has 78 valence electrons. The van der Waals surface area contributed by atoms with Crippen molar-refractivity contribution < 1.29 is 14.6 Å². The quantitative estimate of drug-likeness (QED) is 0.728. The maximum absolute atomic E-state index is 10.3. The molecule has 0 aliphatic carbocycles. The molecule has 0 aromatic carbocycles. The molecule has 0 bridgehead atoms. The largest absolute Gasteiger partial charge is 0.493 e. The van der Waals surface area contributed by atoms with E-state index in [1.165, 1.54) is 0 Å². The van der Waals surface area contributed by atoms with Crippen LogP contribution < -0.4 is 4.74 Å². The van der Waals surface area contributed by atoms with Gasteiger partial charge in [-0.3, -0.25) is 4.68 Å². The van der Waals surface area contributed by atoms with Gasteiger partial charge in [-0.1, -0.05) is 0 Å². The van der Waals surface area contributed by atoms with E-state index in [1.807, 2.05) is 0 Å². The van der Waals surface area contributed by atoms with Gasteiger partial charge in [0.15, 0.2) is 5.75 Å². The fourth-order valence-corrected chi connectivity index (χ4v) is 1.84. The molecule has 0 amide bonds. The van der Waals surface area contributed by atoms with Crippen molar-refractivity contribution >= 4 is 0 Å². The normalized spacial score (nSPS) is 26.8. The highest BCUT2D eigenvalue weighted by Crippen LogP contribution is 2.35. The summed E-state index contributed by atoms with van der Waals surface area (Å²) in [6.45, 7) is 0.883. The molecule has 2 rings (SSSR count). The van der Waals surface area contributed by atoms with Crippen molar-refractivity contribution in [2.45, 2.75) is 12.0 Å². The average molecular weight is 198 g/mol. The summed E-state index contributed by atoms with van der Waals surface area (Å²) in [4.78, 5) is 0. The Morgan fingerprint density at radius 3 is 3.07 bits per heavy atom. The molecule has 5 heteroatoms. The van der Waals surface area contributed by atoms with Gasteiger partial charge in [-0.15, -0.1) is 0 Å². The SMILES string of the molecule is COc1cnn(C)c1C1(O)CCOC1. The van der Waals surface area contributed by atoms with Crippen molar-refractivity contribution in [3.8, 4) is 5.75 Å². The van der Waals surface area contributed by atoms with E-state index in [0.717, 1.165) is 0 Å². The van der Waals surface area contributed by atoms with Gasteiger partial charge in [0.05, 0.1) is 19.9 Å². The highest BCUT2D eigenvalue weighted by molar-refractivity contribution is 5.31. The van der Waals surface area contributed by atoms with E-state index in [-0.39, 0.29) is 0 Å². The summed E-state index contributed by atoms with van der Waals surface area (Å²) in [5, 5.41) is 14.3. The van der Waals surface area contributed by atoms with E-state index >= 15 is 0 Å². The minimum atomic E-state index is -0.948. The van der Waals surface area contributed by atoms with Gasteiger partial charge in [0.2, 0.25) is 0 Å². The molecule has 2 heterocycles. The van der Waals surface area contributed by atoms with Crippen LogP contribution in [0.15, 0.2) is 6.20 Å². The van der Waals surface area contributed by atoms with Crippen LogP contribution in [-0.4, -0.2) is 35.2 Å². The molecule has 0 saturated carbocycles. The summed E-state index contributed by atoms with van der Waals surface area (Å²) in [5.41, 5.74) is -0.256. The fourth-order valence-electron chi connectivity index (χ4n) is 1.84. The Bertz CT molecular complexity index is 329. The highest BCUT2D eigenvalue weighted by atomic mass is 16.5. The van der Waals surface area contributed by atoms with Crippen molar-refractivity contribution in [2.24, 2.45) is 7.05 Å². The van der Waals surface area contributed by atoms with Crippen LogP contribution in [0.1, 0.15) is 12.1 Å². The predicted molar refractivity (Wildman–Crippen MR) is 49.1 cm³/mol. The molecule has 1 aliphatic rings. The lowest BCUT2D eigenvalue weighted by Crippen LogP contribution is -2.29. The van der Waals surface area contributed by atoms with Crippen molar-refractivity contribution in [2.75, 3.05) is 20.3 Å². The number of methoxy groups -OCH3 is 1. The van der Waals surface area contributed by atoms with Crippen molar-refractivity contribution in [3.05, 3.63) is 11.9 Å². The van der Waals surface area contributed by atoms with Crippen LogP contribution in [0, 0.1) is 0 Å². The molecule has 1 aromatic heterocycles. The maximum atomic E-state index is 10.3. The van der Waals surface area contributed by atoms with Gasteiger partial charge in [-0.05, 0) is 0 Å². The topological polar surface area (TPSA) is 56.5 Å². The van der Waals surface area contributed by atoms with Crippen LogP contribution in [0.2, 0.25) is 0 Å². The van der Waals surface area contributed by atoms with E-state index in [0.29, 0.717) is 31.1 Å². The van der Waals surface area contributed by atoms with Crippen LogP contribution in [-0.2, 0) is 17.4 Å². The number of aliphatic hydroxyl groups is 1. The Balaban J connectivity index is 2.42. The number of hydrogen-bond donors (Lipinski definition) is 1. The van der Waals surface area contributed by atoms with E-state index in [4.69, 9.17) is 9.47 Å². The van der Waals surface area contributed by atoms with Crippen LogP contribution in [0.4, 0.5) is 0 Å². The van der Waals surface area contributed by atoms with Gasteiger partial charge in [-0.2, -0.15) is 5.10 Å². The molecule has 1 aliphatic heterocycles. The molecule has 1 saturated heterocycles. The first-order valence-electron chi connectivity index (χ1n) is 4.54. The van der Waals surface area contributed by atoms with Gasteiger partial charge < -0.3 is 14.6 Å². The molecule has 0 spiro atoms. The summed E-state index contributed by atoms with van der Waals surface area (Å²) >= 11 is 0. The van der Waals surface area contributed by atoms with E-state index in [2.05, 4.69) is 5.10 Å². The number of hydrogen-bond acceptors (Lipinski definition) is 4. The molecular formula is C9H14N2O3. The Morgan fingerprint density at radius 2 is 2.50 bits per heavy atom. The molecule has 0 radical (unpaired) electrons. The molecule has 1 fully saturated rings. The highest BCUT2D eigenvalue weighted by Gasteiger charge is 2.39. The van der Waals surface area contributed by atoms with Crippen molar-refractivity contribution in [3.63, 3.8) is 0 Å². The van der Waals surface area contributed by atoms with Crippen molar-refractivity contribution in [1.29, 1.82) is 0 Å². The summed E-state index contributed by atoms with van der Waals surface area (Å²) in [6, 6.07) is 0. The minimum absolute atomic E-state index is 0.308. The zero-order valence-electron chi connectivity index (χ0n) is 8.36. The minimum Gasteiger partial charge on any atom is -0.493 e. The van der Waals surface area contributed by atoms with Gasteiger partial charge in [0, 0.05) is 20.1 Å². The molecular weight excluding hydrogens is 184 g/mol. The zero-order valence-corrected chi connectivity index (χ0v) is 8.36. The third kappa shape index (κ3) is 1.29. The van der Waals surface area contributed by atoms with E-state index in [1.54, 1.807) is 25.0 Å². The summed E-state index contributed by atoms with van der Waals surface area (Å²) in [5.74, 6) is 0.612. The lowest BCUT2D eigenvalue weighted by atomic mass is 9.98. The van der Waals surface area contributed by atoms with Gasteiger partial charge in [-0.25, -0.2) is 0 Å². The number of nitrogens with zero attached hydrogens (tertiary/aromatic N) is 2. The first-order valence-corrected chi connectivity index (χ1v) is 4.54. The summed E-state index contributed by atoms with van der Waals surface area (Å²) in [7, 11) is 3.35. The summed E-state index contributed by atoms with van der Waals surface area (Å²) in [6.07, 6.45) is 2.19. The Hall–Kier alpha value is -1.07. The lowest BCUT2D eigenvalue weighted by Gasteiger charge is -2.21. The molecule has 1 N–H and O–H groups in total. The first kappa shape index (κ1) is 9.48. The van der Waals surface area contributed by atoms with Gasteiger partial charge >= 0.3 is 0 Å². The van der Waals surface area contributed by atoms with Crippen LogP contribution in [0.3, 0.4) is 0 Å².